The van der Waals surface area contributed by atoms with Crippen LogP contribution < -0.4 is 0 Å². The Hall–Kier alpha value is -0.770. The number of carbonyl (C=O) groups is 1. The minimum atomic E-state index is 0.0110. The minimum absolute atomic E-state index is 0.0110. The number of ketones is 1. The highest BCUT2D eigenvalue weighted by Gasteiger charge is 2.22. The van der Waals surface area contributed by atoms with E-state index >= 15 is 0 Å². The lowest BCUT2D eigenvalue weighted by atomic mass is 9.81. The van der Waals surface area contributed by atoms with Gasteiger partial charge in [-0.05, 0) is 37.5 Å². The number of Topliss-reactive ketones (excluding diaryl/α,β-unsaturated/α-hetero) is 1. The summed E-state index contributed by atoms with van der Waals surface area (Å²) in [5, 5.41) is 0. The second kappa shape index (κ2) is 3.57. The van der Waals surface area contributed by atoms with Gasteiger partial charge in [0.1, 0.15) is 0 Å². The third-order valence-electron chi connectivity index (χ3n) is 2.53. The van der Waals surface area contributed by atoms with Crippen LogP contribution in [0.5, 0.6) is 0 Å². The molecule has 0 aromatic rings. The van der Waals surface area contributed by atoms with E-state index in [0.717, 1.165) is 31.6 Å². The second-order valence-electron chi connectivity index (χ2n) is 3.47. The monoisotopic (exact) mass is 150 g/mol. The zero-order valence-corrected chi connectivity index (χ0v) is 6.97. The van der Waals surface area contributed by atoms with Crippen molar-refractivity contribution in [2.24, 2.45) is 11.8 Å². The van der Waals surface area contributed by atoms with Gasteiger partial charge in [-0.3, -0.25) is 4.79 Å². The number of terminal acetylenes is 1. The fourth-order valence-electron chi connectivity index (χ4n) is 1.64. The van der Waals surface area contributed by atoms with Gasteiger partial charge in [-0.1, -0.05) is 6.92 Å². The normalized spacial score (nSPS) is 30.9. The molecule has 0 N–H and O–H groups in total. The third-order valence-corrected chi connectivity index (χ3v) is 2.53. The smallest absolute Gasteiger partial charge is 0.208 e. The zero-order chi connectivity index (χ0) is 8.27. The molecule has 0 unspecified atom stereocenters. The molecular formula is C10H14O. The molecule has 0 heterocycles. The van der Waals surface area contributed by atoms with Crippen molar-refractivity contribution >= 4 is 5.78 Å². The molecule has 0 radical (unpaired) electrons. The molecule has 1 saturated carbocycles. The lowest BCUT2D eigenvalue weighted by Gasteiger charge is -2.23. The number of carbonyl (C=O) groups excluding carboxylic acids is 1. The molecule has 1 fully saturated rings. The summed E-state index contributed by atoms with van der Waals surface area (Å²) >= 11 is 0. The maximum Gasteiger partial charge on any atom is 0.208 e. The molecule has 1 rings (SSSR count). The van der Waals surface area contributed by atoms with Crippen LogP contribution in [0.3, 0.4) is 0 Å². The summed E-state index contributed by atoms with van der Waals surface area (Å²) in [7, 11) is 0. The van der Waals surface area contributed by atoms with Gasteiger partial charge in [-0.2, -0.15) is 0 Å². The standard InChI is InChI=1S/C10H14O/c1-3-10(11)9-6-4-8(2)5-7-9/h1,8-9H,4-7H2,2H3. The van der Waals surface area contributed by atoms with Gasteiger partial charge in [0.05, 0.1) is 0 Å². The second-order valence-corrected chi connectivity index (χ2v) is 3.47. The van der Waals surface area contributed by atoms with Crippen molar-refractivity contribution in [1.82, 2.24) is 0 Å². The highest BCUT2D eigenvalue weighted by Crippen LogP contribution is 2.28. The molecule has 0 spiro atoms. The van der Waals surface area contributed by atoms with Crippen molar-refractivity contribution in [1.29, 1.82) is 0 Å². The molecule has 1 aliphatic rings. The van der Waals surface area contributed by atoms with E-state index in [9.17, 15) is 4.79 Å². The molecule has 0 saturated heterocycles. The first kappa shape index (κ1) is 8.33. The van der Waals surface area contributed by atoms with Crippen LogP contribution in [0.2, 0.25) is 0 Å². The van der Waals surface area contributed by atoms with Crippen molar-refractivity contribution in [3.8, 4) is 12.3 Å². The molecule has 0 aromatic carbocycles. The van der Waals surface area contributed by atoms with E-state index in [0.29, 0.717) is 0 Å². The van der Waals surface area contributed by atoms with Crippen molar-refractivity contribution in [3.05, 3.63) is 0 Å². The van der Waals surface area contributed by atoms with Gasteiger partial charge >= 0.3 is 0 Å². The van der Waals surface area contributed by atoms with Gasteiger partial charge in [0.15, 0.2) is 0 Å². The maximum atomic E-state index is 11.0. The van der Waals surface area contributed by atoms with E-state index in [-0.39, 0.29) is 11.7 Å². The van der Waals surface area contributed by atoms with Gasteiger partial charge in [-0.15, -0.1) is 6.42 Å². The lowest BCUT2D eigenvalue weighted by molar-refractivity contribution is -0.118. The van der Waals surface area contributed by atoms with Crippen molar-refractivity contribution in [2.75, 3.05) is 0 Å². The topological polar surface area (TPSA) is 17.1 Å². The van der Waals surface area contributed by atoms with Gasteiger partial charge in [0.25, 0.3) is 0 Å². The quantitative estimate of drug-likeness (QED) is 0.413. The summed E-state index contributed by atoms with van der Waals surface area (Å²) in [4.78, 5) is 11.0. The fraction of sp³-hybridized carbons (Fsp3) is 0.700. The number of rotatable bonds is 1. The Morgan fingerprint density at radius 1 is 1.36 bits per heavy atom. The molecule has 0 amide bonds. The Morgan fingerprint density at radius 3 is 2.36 bits per heavy atom. The average Bonchev–Trinajstić information content (AvgIpc) is 2.05. The first-order valence-electron chi connectivity index (χ1n) is 4.24. The first-order valence-corrected chi connectivity index (χ1v) is 4.24. The van der Waals surface area contributed by atoms with E-state index in [4.69, 9.17) is 6.42 Å². The Bertz CT molecular complexity index is 180. The molecule has 1 nitrogen and oxygen atoms in total. The maximum absolute atomic E-state index is 11.0. The van der Waals surface area contributed by atoms with Gasteiger partial charge in [0.2, 0.25) is 5.78 Å². The van der Waals surface area contributed by atoms with Crippen LogP contribution in [0.25, 0.3) is 0 Å². The highest BCUT2D eigenvalue weighted by molar-refractivity contribution is 5.96. The predicted octanol–water partition coefficient (Wildman–Crippen LogP) is 2.02. The van der Waals surface area contributed by atoms with Crippen molar-refractivity contribution in [2.45, 2.75) is 32.6 Å². The Kier molecular flexibility index (Phi) is 2.70. The Balaban J connectivity index is 2.40. The van der Waals surface area contributed by atoms with Crippen LogP contribution in [-0.4, -0.2) is 5.78 Å². The molecule has 0 aliphatic heterocycles. The predicted molar refractivity (Wildman–Crippen MR) is 45.0 cm³/mol. The summed E-state index contributed by atoms with van der Waals surface area (Å²) in [6, 6.07) is 0. The van der Waals surface area contributed by atoms with Gasteiger partial charge in [0, 0.05) is 5.92 Å². The van der Waals surface area contributed by atoms with Crippen LogP contribution in [0, 0.1) is 24.2 Å². The fourth-order valence-corrected chi connectivity index (χ4v) is 1.64. The van der Waals surface area contributed by atoms with Crippen molar-refractivity contribution < 1.29 is 4.79 Å². The Labute approximate surface area is 68.2 Å². The Morgan fingerprint density at radius 2 is 1.91 bits per heavy atom. The van der Waals surface area contributed by atoms with Gasteiger partial charge < -0.3 is 0 Å². The van der Waals surface area contributed by atoms with E-state index < -0.39 is 0 Å². The van der Waals surface area contributed by atoms with E-state index in [1.807, 2.05) is 0 Å². The van der Waals surface area contributed by atoms with Crippen molar-refractivity contribution in [3.63, 3.8) is 0 Å². The summed E-state index contributed by atoms with van der Waals surface area (Å²) in [5.41, 5.74) is 0. The third kappa shape index (κ3) is 2.08. The molecule has 1 aliphatic carbocycles. The van der Waals surface area contributed by atoms with Gasteiger partial charge in [-0.25, -0.2) is 0 Å². The van der Waals surface area contributed by atoms with E-state index in [1.165, 1.54) is 0 Å². The summed E-state index contributed by atoms with van der Waals surface area (Å²) < 4.78 is 0. The van der Waals surface area contributed by atoms with Crippen LogP contribution in [0.1, 0.15) is 32.6 Å². The molecule has 60 valence electrons. The zero-order valence-electron chi connectivity index (χ0n) is 6.97. The van der Waals surface area contributed by atoms with Crippen LogP contribution in [-0.2, 0) is 4.79 Å². The largest absolute Gasteiger partial charge is 0.285 e. The van der Waals surface area contributed by atoms with E-state index in [1.54, 1.807) is 0 Å². The number of hydrogen-bond acceptors (Lipinski definition) is 1. The SMILES string of the molecule is C#CC(=O)C1CCC(C)CC1. The van der Waals surface area contributed by atoms with Crippen LogP contribution in [0.15, 0.2) is 0 Å². The molecular weight excluding hydrogens is 136 g/mol. The molecule has 0 atom stereocenters. The summed E-state index contributed by atoms with van der Waals surface area (Å²) in [6.45, 7) is 2.23. The summed E-state index contributed by atoms with van der Waals surface area (Å²) in [5.74, 6) is 3.19. The minimum Gasteiger partial charge on any atom is -0.285 e. The molecule has 0 bridgehead atoms. The van der Waals surface area contributed by atoms with Crippen LogP contribution >= 0.6 is 0 Å². The van der Waals surface area contributed by atoms with Crippen LogP contribution in [0.4, 0.5) is 0 Å². The first-order chi connectivity index (χ1) is 5.24. The molecule has 11 heavy (non-hydrogen) atoms. The molecule has 0 aromatic heterocycles. The lowest BCUT2D eigenvalue weighted by Crippen LogP contribution is -2.19. The average molecular weight is 150 g/mol. The molecule has 1 heteroatoms. The number of hydrogen-bond donors (Lipinski definition) is 0. The summed E-state index contributed by atoms with van der Waals surface area (Å²) in [6.07, 6.45) is 9.38. The van der Waals surface area contributed by atoms with E-state index in [2.05, 4.69) is 12.8 Å². The highest BCUT2D eigenvalue weighted by atomic mass is 16.1.